The third-order valence-electron chi connectivity index (χ3n) is 11.0. The molecule has 6 rings (SSSR count). The van der Waals surface area contributed by atoms with Crippen LogP contribution < -0.4 is 18.9 Å². The van der Waals surface area contributed by atoms with E-state index in [4.69, 9.17) is 33.2 Å². The Balaban J connectivity index is 1.29. The van der Waals surface area contributed by atoms with Crippen molar-refractivity contribution >= 4 is 11.8 Å². The zero-order valence-electron chi connectivity index (χ0n) is 29.1. The third-order valence-corrected chi connectivity index (χ3v) is 11.0. The lowest BCUT2D eigenvalue weighted by atomic mass is 9.60. The van der Waals surface area contributed by atoms with Gasteiger partial charge in [-0.25, -0.2) is 0 Å². The molecule has 48 heavy (non-hydrogen) atoms. The van der Waals surface area contributed by atoms with Gasteiger partial charge < -0.3 is 33.2 Å². The molecule has 1 saturated heterocycles. The van der Waals surface area contributed by atoms with Crippen LogP contribution in [0.25, 0.3) is 0 Å². The summed E-state index contributed by atoms with van der Waals surface area (Å²) in [5.41, 5.74) is 1.99. The highest BCUT2D eigenvalue weighted by Crippen LogP contribution is 2.73. The monoisotopic (exact) mass is 662 g/mol. The fourth-order valence-corrected chi connectivity index (χ4v) is 8.65. The number of allylic oxidation sites excluding steroid dienone is 2. The van der Waals surface area contributed by atoms with Gasteiger partial charge in [0.05, 0.1) is 54.6 Å². The molecule has 2 aromatic carbocycles. The molecule has 1 heterocycles. The normalized spacial score (nSPS) is 26.7. The number of ether oxygens (including phenoxy) is 7. The molecule has 4 atom stereocenters. The molecule has 258 valence electrons. The largest absolute Gasteiger partial charge is 0.497 e. The molecule has 0 aromatic heterocycles. The lowest BCUT2D eigenvalue weighted by Crippen LogP contribution is -2.48. The van der Waals surface area contributed by atoms with Gasteiger partial charge in [-0.2, -0.15) is 0 Å². The van der Waals surface area contributed by atoms with Gasteiger partial charge in [0.2, 0.25) is 17.3 Å². The number of ketones is 1. The lowest BCUT2D eigenvalue weighted by molar-refractivity contribution is -0.151. The van der Waals surface area contributed by atoms with E-state index in [1.165, 1.54) is 12.7 Å². The molecule has 1 spiro atoms. The quantitative estimate of drug-likeness (QED) is 0.327. The summed E-state index contributed by atoms with van der Waals surface area (Å²) in [6.45, 7) is 8.34. The van der Waals surface area contributed by atoms with Gasteiger partial charge in [-0.15, -0.1) is 0 Å². The van der Waals surface area contributed by atoms with Gasteiger partial charge in [0.15, 0.2) is 17.3 Å². The summed E-state index contributed by atoms with van der Waals surface area (Å²) in [4.78, 5) is 31.8. The highest BCUT2D eigenvalue weighted by molar-refractivity contribution is 6.06. The summed E-state index contributed by atoms with van der Waals surface area (Å²) in [7, 11) is 9.42. The number of piperazine rings is 1. The Kier molecular flexibility index (Phi) is 9.12. The Bertz CT molecular complexity index is 1660. The molecular formula is C37H46N2O9. The van der Waals surface area contributed by atoms with E-state index in [0.717, 1.165) is 49.6 Å². The molecule has 4 aliphatic rings. The van der Waals surface area contributed by atoms with Gasteiger partial charge >= 0.3 is 5.97 Å². The van der Waals surface area contributed by atoms with Crippen molar-refractivity contribution in [2.75, 3.05) is 75.4 Å². The second-order valence-corrected chi connectivity index (χ2v) is 13.2. The number of carbonyl (C=O) groups is 2. The summed E-state index contributed by atoms with van der Waals surface area (Å²) in [5.74, 6) is 1.90. The van der Waals surface area contributed by atoms with Crippen LogP contribution >= 0.6 is 0 Å². The fourth-order valence-electron chi connectivity index (χ4n) is 8.65. The number of benzene rings is 2. The van der Waals surface area contributed by atoms with Crippen molar-refractivity contribution in [3.63, 3.8) is 0 Å². The summed E-state index contributed by atoms with van der Waals surface area (Å²) in [5, 5.41) is 0. The smallest absolute Gasteiger partial charge is 0.320 e. The Morgan fingerprint density at radius 2 is 1.58 bits per heavy atom. The van der Waals surface area contributed by atoms with Gasteiger partial charge in [0.25, 0.3) is 0 Å². The number of rotatable bonds is 11. The Labute approximate surface area is 282 Å². The minimum absolute atomic E-state index is 0.114. The second-order valence-electron chi connectivity index (χ2n) is 13.2. The lowest BCUT2D eigenvalue weighted by Gasteiger charge is -2.43. The first-order valence-electron chi connectivity index (χ1n) is 16.3. The standard InChI is InChI=1S/C37H46N2O9/c1-22-31(48-29(41)21-39-14-12-38(13-15-39)20-23-10-9-11-25(16-23)42-3)26-18-27(40)32(44-5)35(47-8)37(26)30-24(19-36(22,37)2)17-28(43-4)33(45-6)34(30)46-7/h9-11,16-18,22,31H,12-15,19-21H2,1-8H3/t22-,31+,36+,37+/m0/s1. The van der Waals surface area contributed by atoms with Gasteiger partial charge in [0, 0.05) is 44.2 Å². The Hall–Kier alpha value is -4.22. The van der Waals surface area contributed by atoms with E-state index in [9.17, 15) is 9.59 Å². The van der Waals surface area contributed by atoms with Crippen molar-refractivity contribution in [3.8, 4) is 23.0 Å². The van der Waals surface area contributed by atoms with E-state index in [0.29, 0.717) is 35.0 Å². The molecule has 0 N–H and O–H groups in total. The topological polar surface area (TPSA) is 105 Å². The summed E-state index contributed by atoms with van der Waals surface area (Å²) >= 11 is 0. The highest BCUT2D eigenvalue weighted by Gasteiger charge is 2.73. The van der Waals surface area contributed by atoms with Crippen LogP contribution in [-0.2, 0) is 42.2 Å². The maximum atomic E-state index is 13.7. The van der Waals surface area contributed by atoms with Gasteiger partial charge in [-0.3, -0.25) is 19.4 Å². The number of fused-ring (bicyclic) bond motifs is 1. The van der Waals surface area contributed by atoms with Crippen LogP contribution in [-0.4, -0.2) is 103 Å². The van der Waals surface area contributed by atoms with Crippen LogP contribution in [0.4, 0.5) is 0 Å². The van der Waals surface area contributed by atoms with E-state index in [-0.39, 0.29) is 30.0 Å². The van der Waals surface area contributed by atoms with E-state index in [2.05, 4.69) is 35.8 Å². The third kappa shape index (κ3) is 5.01. The first kappa shape index (κ1) is 33.7. The average Bonchev–Trinajstić information content (AvgIpc) is 3.44. The summed E-state index contributed by atoms with van der Waals surface area (Å²) in [6.07, 6.45) is 1.47. The molecule has 0 radical (unpaired) electrons. The molecule has 1 saturated carbocycles. The number of hydrogen-bond acceptors (Lipinski definition) is 11. The highest BCUT2D eigenvalue weighted by atomic mass is 16.6. The van der Waals surface area contributed by atoms with Crippen LogP contribution in [0.1, 0.15) is 30.5 Å². The predicted molar refractivity (Wildman–Crippen MR) is 177 cm³/mol. The zero-order valence-corrected chi connectivity index (χ0v) is 29.1. The van der Waals surface area contributed by atoms with Crippen molar-refractivity contribution in [2.24, 2.45) is 11.3 Å². The van der Waals surface area contributed by atoms with Crippen LogP contribution in [0.3, 0.4) is 0 Å². The summed E-state index contributed by atoms with van der Waals surface area (Å²) < 4.78 is 41.2. The van der Waals surface area contributed by atoms with Gasteiger partial charge in [0.1, 0.15) is 11.9 Å². The number of nitrogens with zero attached hydrogens (tertiary/aromatic N) is 2. The van der Waals surface area contributed by atoms with Crippen molar-refractivity contribution in [1.29, 1.82) is 0 Å². The van der Waals surface area contributed by atoms with Crippen LogP contribution in [0, 0.1) is 11.3 Å². The predicted octanol–water partition coefficient (Wildman–Crippen LogP) is 3.91. The second kappa shape index (κ2) is 13.0. The molecule has 0 bridgehead atoms. The molecular weight excluding hydrogens is 616 g/mol. The average molecular weight is 663 g/mol. The van der Waals surface area contributed by atoms with E-state index < -0.39 is 16.9 Å². The minimum Gasteiger partial charge on any atom is -0.497 e. The molecule has 2 aromatic rings. The molecule has 3 aliphatic carbocycles. The maximum absolute atomic E-state index is 13.7. The molecule has 2 fully saturated rings. The van der Waals surface area contributed by atoms with Crippen LogP contribution in [0.15, 0.2) is 53.5 Å². The van der Waals surface area contributed by atoms with Crippen molar-refractivity contribution in [3.05, 3.63) is 70.2 Å². The van der Waals surface area contributed by atoms with Crippen molar-refractivity contribution < 1.29 is 42.7 Å². The van der Waals surface area contributed by atoms with E-state index in [1.807, 2.05) is 18.2 Å². The molecule has 0 unspecified atom stereocenters. The van der Waals surface area contributed by atoms with Crippen molar-refractivity contribution in [2.45, 2.75) is 38.3 Å². The molecule has 0 amide bonds. The molecule has 1 aliphatic heterocycles. The Morgan fingerprint density at radius 1 is 0.875 bits per heavy atom. The Morgan fingerprint density at radius 3 is 2.21 bits per heavy atom. The SMILES string of the molecule is COC1=C(OC)[C@]23C(=CC1=O)[C@H](OC(=O)CN1CCN(Cc4cccc(OC)c4)CC1)[C@H](C)[C@@]2(C)Cc1cc(OC)c(OC)c(OC)c13. The zero-order chi connectivity index (χ0) is 34.4. The summed E-state index contributed by atoms with van der Waals surface area (Å²) in [6, 6.07) is 10.1. The molecule has 11 nitrogen and oxygen atoms in total. The number of carbonyl (C=O) groups excluding carboxylic acids is 2. The number of esters is 1. The number of methoxy groups -OCH3 is 6. The molecule has 11 heteroatoms. The van der Waals surface area contributed by atoms with Crippen molar-refractivity contribution in [1.82, 2.24) is 9.80 Å². The van der Waals surface area contributed by atoms with Gasteiger partial charge in [-0.05, 0) is 52.8 Å². The number of hydrogen-bond donors (Lipinski definition) is 0. The minimum atomic E-state index is -1.03. The van der Waals surface area contributed by atoms with E-state index in [1.54, 1.807) is 41.6 Å². The fraction of sp³-hybridized carbons (Fsp3) is 0.514. The van der Waals surface area contributed by atoms with Crippen LogP contribution in [0.2, 0.25) is 0 Å². The van der Waals surface area contributed by atoms with E-state index >= 15 is 0 Å². The first-order chi connectivity index (χ1) is 23.1. The van der Waals surface area contributed by atoms with Crippen LogP contribution in [0.5, 0.6) is 23.0 Å². The maximum Gasteiger partial charge on any atom is 0.320 e. The van der Waals surface area contributed by atoms with Gasteiger partial charge in [-0.1, -0.05) is 26.0 Å². The first-order valence-corrected chi connectivity index (χ1v) is 16.3.